The smallest absolute Gasteiger partial charge is 0.253 e. The molecule has 2 aliphatic rings. The Morgan fingerprint density at radius 2 is 1.59 bits per heavy atom. The lowest BCUT2D eigenvalue weighted by molar-refractivity contribution is -0.121. The van der Waals surface area contributed by atoms with Crippen molar-refractivity contribution >= 4 is 17.5 Å². The summed E-state index contributed by atoms with van der Waals surface area (Å²) in [5.74, 6) is 4.15. The highest BCUT2D eigenvalue weighted by Crippen LogP contribution is 2.30. The number of hydrogen-bond donors (Lipinski definition) is 2. The predicted molar refractivity (Wildman–Crippen MR) is 79.4 cm³/mol. The number of allylic oxidation sites excluding steroid dienone is 4. The van der Waals surface area contributed by atoms with Crippen LogP contribution < -0.4 is 11.3 Å². The molecule has 110 valence electrons. The van der Waals surface area contributed by atoms with E-state index in [1.165, 1.54) is 0 Å². The molecule has 1 aromatic rings. The van der Waals surface area contributed by atoms with E-state index in [4.69, 9.17) is 5.84 Å². The topological polar surface area (TPSA) is 92.5 Å². The minimum atomic E-state index is -0.342. The summed E-state index contributed by atoms with van der Waals surface area (Å²) in [6, 6.07) is 6.77. The van der Waals surface area contributed by atoms with E-state index in [0.717, 1.165) is 0 Å². The van der Waals surface area contributed by atoms with Gasteiger partial charge in [0.2, 0.25) is 0 Å². The number of nitrogens with one attached hydrogen (secondary N) is 1. The fourth-order valence-electron chi connectivity index (χ4n) is 2.45. The SMILES string of the molecule is NNC(=O)CN1C=CC(=C2C(=O)c3ccccc3C2=O)C=C1. The zero-order valence-corrected chi connectivity index (χ0v) is 11.6. The average Bonchev–Trinajstić information content (AvgIpc) is 2.80. The Labute approximate surface area is 126 Å². The van der Waals surface area contributed by atoms with Crippen molar-refractivity contribution < 1.29 is 14.4 Å². The zero-order chi connectivity index (χ0) is 15.7. The van der Waals surface area contributed by atoms with Gasteiger partial charge >= 0.3 is 0 Å². The second-order valence-corrected chi connectivity index (χ2v) is 4.91. The Kier molecular flexibility index (Phi) is 3.44. The van der Waals surface area contributed by atoms with Gasteiger partial charge in [0, 0.05) is 23.5 Å². The van der Waals surface area contributed by atoms with Gasteiger partial charge in [-0.15, -0.1) is 0 Å². The van der Waals surface area contributed by atoms with E-state index >= 15 is 0 Å². The molecule has 0 aromatic heterocycles. The predicted octanol–water partition coefficient (Wildman–Crippen LogP) is 0.695. The van der Waals surface area contributed by atoms with Crippen LogP contribution in [0.15, 0.2) is 60.0 Å². The number of amides is 1. The summed E-state index contributed by atoms with van der Waals surface area (Å²) in [5.41, 5.74) is 3.60. The maximum absolute atomic E-state index is 12.4. The van der Waals surface area contributed by atoms with E-state index < -0.39 is 0 Å². The van der Waals surface area contributed by atoms with Gasteiger partial charge in [-0.2, -0.15) is 0 Å². The summed E-state index contributed by atoms with van der Waals surface area (Å²) < 4.78 is 0. The first-order valence-corrected chi connectivity index (χ1v) is 6.66. The lowest BCUT2D eigenvalue weighted by atomic mass is 10.0. The van der Waals surface area contributed by atoms with Gasteiger partial charge in [0.1, 0.15) is 6.54 Å². The summed E-state index contributed by atoms with van der Waals surface area (Å²) in [7, 11) is 0. The van der Waals surface area contributed by atoms with Crippen molar-refractivity contribution in [1.29, 1.82) is 0 Å². The van der Waals surface area contributed by atoms with Gasteiger partial charge in [0.15, 0.2) is 11.6 Å². The number of nitrogens with zero attached hydrogens (tertiary/aromatic N) is 1. The number of hydrazine groups is 1. The molecular formula is C16H13N3O3. The number of fused-ring (bicyclic) bond motifs is 1. The molecule has 1 aromatic carbocycles. The van der Waals surface area contributed by atoms with E-state index in [2.05, 4.69) is 0 Å². The van der Waals surface area contributed by atoms with Gasteiger partial charge in [0.05, 0.1) is 5.57 Å². The van der Waals surface area contributed by atoms with Gasteiger partial charge in [-0.05, 0) is 17.7 Å². The standard InChI is InChI=1S/C16H13N3O3/c17-18-13(20)9-19-7-5-10(6-8-19)14-15(21)11-3-1-2-4-12(11)16(14)22/h1-8H,9,17H2,(H,18,20). The van der Waals surface area contributed by atoms with Crippen LogP contribution in [-0.2, 0) is 4.79 Å². The number of carbonyl (C=O) groups is 3. The van der Waals surface area contributed by atoms with Crippen molar-refractivity contribution in [2.45, 2.75) is 0 Å². The molecule has 1 amide bonds. The van der Waals surface area contributed by atoms with Crippen LogP contribution in [0.2, 0.25) is 0 Å². The minimum Gasteiger partial charge on any atom is -0.345 e. The average molecular weight is 295 g/mol. The van der Waals surface area contributed by atoms with Crippen LogP contribution in [0.4, 0.5) is 0 Å². The van der Waals surface area contributed by atoms with Gasteiger partial charge < -0.3 is 4.90 Å². The first-order valence-electron chi connectivity index (χ1n) is 6.66. The Hall–Kier alpha value is -2.99. The number of rotatable bonds is 2. The molecular weight excluding hydrogens is 282 g/mol. The van der Waals surface area contributed by atoms with E-state index in [1.54, 1.807) is 53.7 Å². The zero-order valence-electron chi connectivity index (χ0n) is 11.6. The molecule has 0 radical (unpaired) electrons. The van der Waals surface area contributed by atoms with Gasteiger partial charge in [-0.25, -0.2) is 5.84 Å². The van der Waals surface area contributed by atoms with Gasteiger partial charge in [-0.3, -0.25) is 19.8 Å². The minimum absolute atomic E-state index is 0.0637. The Balaban J connectivity index is 1.90. The molecule has 0 unspecified atom stereocenters. The second-order valence-electron chi connectivity index (χ2n) is 4.91. The fraction of sp³-hybridized carbons (Fsp3) is 0.0625. The van der Waals surface area contributed by atoms with Crippen molar-refractivity contribution in [2.75, 3.05) is 6.54 Å². The molecule has 6 nitrogen and oxygen atoms in total. The molecule has 1 aliphatic carbocycles. The third-order valence-corrected chi connectivity index (χ3v) is 3.54. The molecule has 0 bridgehead atoms. The molecule has 0 fully saturated rings. The normalized spacial score (nSPS) is 16.3. The molecule has 0 spiro atoms. The van der Waals surface area contributed by atoms with Crippen LogP contribution in [0.1, 0.15) is 20.7 Å². The van der Waals surface area contributed by atoms with Crippen LogP contribution >= 0.6 is 0 Å². The summed E-state index contributed by atoms with van der Waals surface area (Å²) in [4.78, 5) is 37.5. The number of hydrogen-bond acceptors (Lipinski definition) is 5. The quantitative estimate of drug-likeness (QED) is 0.275. The molecule has 6 heteroatoms. The first kappa shape index (κ1) is 14.0. The molecule has 1 aliphatic heterocycles. The highest BCUT2D eigenvalue weighted by atomic mass is 16.2. The summed E-state index contributed by atoms with van der Waals surface area (Å²) in [6.45, 7) is 0.0637. The van der Waals surface area contributed by atoms with Crippen molar-refractivity contribution in [1.82, 2.24) is 10.3 Å². The molecule has 3 rings (SSSR count). The number of Topliss-reactive ketones (excluding diaryl/α,β-unsaturated/α-hetero) is 2. The monoisotopic (exact) mass is 295 g/mol. The number of benzene rings is 1. The van der Waals surface area contributed by atoms with E-state index in [-0.39, 0.29) is 29.6 Å². The van der Waals surface area contributed by atoms with Gasteiger partial charge in [0.25, 0.3) is 5.91 Å². The molecule has 3 N–H and O–H groups in total. The van der Waals surface area contributed by atoms with Crippen LogP contribution in [0.25, 0.3) is 0 Å². The highest BCUT2D eigenvalue weighted by Gasteiger charge is 2.34. The second kappa shape index (κ2) is 5.42. The van der Waals surface area contributed by atoms with E-state index in [0.29, 0.717) is 16.7 Å². The largest absolute Gasteiger partial charge is 0.345 e. The van der Waals surface area contributed by atoms with Crippen molar-refractivity contribution in [3.05, 3.63) is 71.1 Å². The lowest BCUT2D eigenvalue weighted by Gasteiger charge is -2.18. The van der Waals surface area contributed by atoms with Gasteiger partial charge in [-0.1, -0.05) is 24.3 Å². The van der Waals surface area contributed by atoms with Crippen molar-refractivity contribution in [3.63, 3.8) is 0 Å². The maximum Gasteiger partial charge on any atom is 0.253 e. The number of carbonyl (C=O) groups excluding carboxylic acids is 3. The van der Waals surface area contributed by atoms with E-state index in [9.17, 15) is 14.4 Å². The third-order valence-electron chi connectivity index (χ3n) is 3.54. The molecule has 22 heavy (non-hydrogen) atoms. The van der Waals surface area contributed by atoms with Crippen molar-refractivity contribution in [2.24, 2.45) is 5.84 Å². The van der Waals surface area contributed by atoms with E-state index in [1.807, 2.05) is 5.43 Å². The Bertz CT molecular complexity index is 722. The third kappa shape index (κ3) is 2.25. The molecule has 0 saturated carbocycles. The fourth-order valence-corrected chi connectivity index (χ4v) is 2.45. The molecule has 0 saturated heterocycles. The highest BCUT2D eigenvalue weighted by molar-refractivity contribution is 6.40. The Morgan fingerprint density at radius 1 is 1.05 bits per heavy atom. The van der Waals surface area contributed by atoms with Crippen LogP contribution in [-0.4, -0.2) is 28.9 Å². The lowest BCUT2D eigenvalue weighted by Crippen LogP contribution is -2.37. The first-order chi connectivity index (χ1) is 10.6. The van der Waals surface area contributed by atoms with Crippen LogP contribution in [0.5, 0.6) is 0 Å². The number of nitrogens with two attached hydrogens (primary N) is 1. The van der Waals surface area contributed by atoms with Crippen LogP contribution in [0.3, 0.4) is 0 Å². The summed E-state index contributed by atoms with van der Waals surface area (Å²) in [5, 5.41) is 0. The Morgan fingerprint density at radius 3 is 2.09 bits per heavy atom. The molecule has 1 heterocycles. The summed E-state index contributed by atoms with van der Waals surface area (Å²) in [6.07, 6.45) is 6.53. The summed E-state index contributed by atoms with van der Waals surface area (Å²) >= 11 is 0. The number of ketones is 2. The molecule has 0 atom stereocenters. The van der Waals surface area contributed by atoms with Crippen molar-refractivity contribution in [3.8, 4) is 0 Å². The van der Waals surface area contributed by atoms with Crippen LogP contribution in [0, 0.1) is 0 Å². The maximum atomic E-state index is 12.4.